The topological polar surface area (TPSA) is 26.3 Å². The van der Waals surface area contributed by atoms with E-state index in [4.69, 9.17) is 0 Å². The number of hydrogen-bond donors (Lipinski definition) is 0. The molecule has 0 amide bonds. The summed E-state index contributed by atoms with van der Waals surface area (Å²) in [6, 6.07) is 4.30. The molecule has 2 nitrogen and oxygen atoms in total. The number of halogens is 3. The van der Waals surface area contributed by atoms with Crippen molar-refractivity contribution in [2.24, 2.45) is 0 Å². The Morgan fingerprint density at radius 1 is 1.50 bits per heavy atom. The standard InChI is InChI=1S/C9H7BrF2O2/c1-5(13)7-4-6(10)2-3-8(7)14-9(11)12/h2-4,9H,1H3. The van der Waals surface area contributed by atoms with Crippen molar-refractivity contribution in [1.82, 2.24) is 0 Å². The van der Waals surface area contributed by atoms with Gasteiger partial charge in [0.2, 0.25) is 0 Å². The summed E-state index contributed by atoms with van der Waals surface area (Å²) in [5.41, 5.74) is 0.139. The third-order valence-corrected chi connectivity index (χ3v) is 2.03. The molecule has 0 saturated carbocycles. The normalized spacial score (nSPS) is 10.4. The van der Waals surface area contributed by atoms with E-state index in [0.29, 0.717) is 4.47 Å². The number of carbonyl (C=O) groups is 1. The Labute approximate surface area is 88.0 Å². The molecule has 76 valence electrons. The Morgan fingerprint density at radius 3 is 2.64 bits per heavy atom. The quantitative estimate of drug-likeness (QED) is 0.784. The number of ether oxygens (including phenoxy) is 1. The van der Waals surface area contributed by atoms with Crippen LogP contribution in [0.5, 0.6) is 5.75 Å². The lowest BCUT2D eigenvalue weighted by atomic mass is 10.1. The van der Waals surface area contributed by atoms with Crippen molar-refractivity contribution >= 4 is 21.7 Å². The van der Waals surface area contributed by atoms with Crippen LogP contribution in [0, 0.1) is 0 Å². The zero-order valence-electron chi connectivity index (χ0n) is 7.26. The molecule has 0 aliphatic heterocycles. The van der Waals surface area contributed by atoms with E-state index in [-0.39, 0.29) is 17.1 Å². The van der Waals surface area contributed by atoms with Crippen LogP contribution < -0.4 is 4.74 Å². The molecule has 0 unspecified atom stereocenters. The lowest BCUT2D eigenvalue weighted by Crippen LogP contribution is -2.06. The number of carbonyl (C=O) groups excluding carboxylic acids is 1. The highest BCUT2D eigenvalue weighted by atomic mass is 79.9. The highest BCUT2D eigenvalue weighted by Gasteiger charge is 2.12. The maximum atomic E-state index is 11.9. The average molecular weight is 265 g/mol. The minimum Gasteiger partial charge on any atom is -0.434 e. The molecular weight excluding hydrogens is 258 g/mol. The molecule has 0 saturated heterocycles. The Bertz CT molecular complexity index is 353. The van der Waals surface area contributed by atoms with Crippen molar-refractivity contribution in [1.29, 1.82) is 0 Å². The molecule has 0 aliphatic rings. The van der Waals surface area contributed by atoms with Crippen LogP contribution in [0.1, 0.15) is 17.3 Å². The summed E-state index contributed by atoms with van der Waals surface area (Å²) < 4.78 is 28.7. The molecule has 14 heavy (non-hydrogen) atoms. The summed E-state index contributed by atoms with van der Waals surface area (Å²) in [7, 11) is 0. The second-order valence-corrected chi connectivity index (χ2v) is 3.49. The van der Waals surface area contributed by atoms with Gasteiger partial charge in [0.25, 0.3) is 0 Å². The van der Waals surface area contributed by atoms with Gasteiger partial charge in [0.05, 0.1) is 5.56 Å². The fraction of sp³-hybridized carbons (Fsp3) is 0.222. The summed E-state index contributed by atoms with van der Waals surface area (Å²) in [5.74, 6) is -0.419. The smallest absolute Gasteiger partial charge is 0.387 e. The molecule has 0 atom stereocenters. The maximum absolute atomic E-state index is 11.9. The van der Waals surface area contributed by atoms with Crippen LogP contribution in [0.15, 0.2) is 22.7 Å². The molecule has 0 fully saturated rings. The fourth-order valence-corrected chi connectivity index (χ4v) is 1.34. The number of rotatable bonds is 3. The number of alkyl halides is 2. The van der Waals surface area contributed by atoms with Crippen molar-refractivity contribution in [3.63, 3.8) is 0 Å². The first-order chi connectivity index (χ1) is 6.50. The van der Waals surface area contributed by atoms with Crippen molar-refractivity contribution in [2.45, 2.75) is 13.5 Å². The van der Waals surface area contributed by atoms with Gasteiger partial charge in [-0.1, -0.05) is 15.9 Å². The van der Waals surface area contributed by atoms with Crippen molar-refractivity contribution in [3.05, 3.63) is 28.2 Å². The van der Waals surface area contributed by atoms with Crippen LogP contribution >= 0.6 is 15.9 Å². The number of benzene rings is 1. The molecule has 1 aromatic carbocycles. The molecule has 0 heterocycles. The van der Waals surface area contributed by atoms with Crippen LogP contribution in [0.25, 0.3) is 0 Å². The largest absolute Gasteiger partial charge is 0.434 e. The van der Waals surface area contributed by atoms with Gasteiger partial charge in [-0.25, -0.2) is 0 Å². The van der Waals surface area contributed by atoms with E-state index in [1.54, 1.807) is 0 Å². The zero-order valence-corrected chi connectivity index (χ0v) is 8.85. The predicted molar refractivity (Wildman–Crippen MR) is 50.8 cm³/mol. The second-order valence-electron chi connectivity index (χ2n) is 2.58. The van der Waals surface area contributed by atoms with E-state index in [0.717, 1.165) is 0 Å². The van der Waals surface area contributed by atoms with Gasteiger partial charge in [0.1, 0.15) is 5.75 Å². The third-order valence-electron chi connectivity index (χ3n) is 1.54. The monoisotopic (exact) mass is 264 g/mol. The van der Waals surface area contributed by atoms with Gasteiger partial charge in [0.15, 0.2) is 5.78 Å². The van der Waals surface area contributed by atoms with E-state index in [1.165, 1.54) is 25.1 Å². The van der Waals surface area contributed by atoms with Crippen LogP contribution in [0.4, 0.5) is 8.78 Å². The second kappa shape index (κ2) is 4.50. The van der Waals surface area contributed by atoms with E-state index in [9.17, 15) is 13.6 Å². The third kappa shape index (κ3) is 2.77. The van der Waals surface area contributed by atoms with Crippen molar-refractivity contribution in [3.8, 4) is 5.75 Å². The molecule has 0 N–H and O–H groups in total. The van der Waals surface area contributed by atoms with E-state index >= 15 is 0 Å². The summed E-state index contributed by atoms with van der Waals surface area (Å²) >= 11 is 3.14. The number of ketones is 1. The van der Waals surface area contributed by atoms with Crippen molar-refractivity contribution < 1.29 is 18.3 Å². The first-order valence-electron chi connectivity index (χ1n) is 3.76. The Morgan fingerprint density at radius 2 is 2.14 bits per heavy atom. The highest BCUT2D eigenvalue weighted by molar-refractivity contribution is 9.10. The number of hydrogen-bond acceptors (Lipinski definition) is 2. The molecular formula is C9H7BrF2O2. The lowest BCUT2D eigenvalue weighted by Gasteiger charge is -2.08. The maximum Gasteiger partial charge on any atom is 0.387 e. The molecule has 5 heteroatoms. The molecule has 0 aliphatic carbocycles. The van der Waals surface area contributed by atoms with Gasteiger partial charge < -0.3 is 4.74 Å². The predicted octanol–water partition coefficient (Wildman–Crippen LogP) is 3.25. The van der Waals surface area contributed by atoms with Gasteiger partial charge in [-0.3, -0.25) is 4.79 Å². The minimum absolute atomic E-state index is 0.101. The Kier molecular flexibility index (Phi) is 3.57. The van der Waals surface area contributed by atoms with E-state index < -0.39 is 6.61 Å². The molecule has 0 radical (unpaired) electrons. The molecule has 0 spiro atoms. The van der Waals surface area contributed by atoms with Crippen LogP contribution in [0.2, 0.25) is 0 Å². The first kappa shape index (κ1) is 11.1. The van der Waals surface area contributed by atoms with E-state index in [1.807, 2.05) is 0 Å². The van der Waals surface area contributed by atoms with Crippen molar-refractivity contribution in [2.75, 3.05) is 0 Å². The average Bonchev–Trinajstić information content (AvgIpc) is 2.07. The zero-order chi connectivity index (χ0) is 10.7. The summed E-state index contributed by atoms with van der Waals surface area (Å²) in [5, 5.41) is 0. The van der Waals surface area contributed by atoms with Crippen LogP contribution in [-0.4, -0.2) is 12.4 Å². The number of Topliss-reactive ketones (excluding diaryl/α,β-unsaturated/α-hetero) is 1. The Hall–Kier alpha value is -0.970. The van der Waals surface area contributed by atoms with Gasteiger partial charge in [-0.05, 0) is 25.1 Å². The summed E-state index contributed by atoms with van der Waals surface area (Å²) in [6.07, 6.45) is 0. The van der Waals surface area contributed by atoms with Crippen LogP contribution in [0.3, 0.4) is 0 Å². The molecule has 1 rings (SSSR count). The lowest BCUT2D eigenvalue weighted by molar-refractivity contribution is -0.0501. The molecule has 1 aromatic rings. The Balaban J connectivity index is 3.08. The summed E-state index contributed by atoms with van der Waals surface area (Å²) in [6.45, 7) is -1.63. The molecule has 0 aromatic heterocycles. The summed E-state index contributed by atoms with van der Waals surface area (Å²) in [4.78, 5) is 11.1. The van der Waals surface area contributed by atoms with Gasteiger partial charge in [-0.2, -0.15) is 8.78 Å². The van der Waals surface area contributed by atoms with Gasteiger partial charge >= 0.3 is 6.61 Å². The highest BCUT2D eigenvalue weighted by Crippen LogP contribution is 2.24. The van der Waals surface area contributed by atoms with Gasteiger partial charge in [-0.15, -0.1) is 0 Å². The molecule has 0 bridgehead atoms. The SMILES string of the molecule is CC(=O)c1cc(Br)ccc1OC(F)F. The minimum atomic E-state index is -2.92. The van der Waals surface area contributed by atoms with Crippen LogP contribution in [-0.2, 0) is 0 Å². The fourth-order valence-electron chi connectivity index (χ4n) is 0.976. The van der Waals surface area contributed by atoms with E-state index in [2.05, 4.69) is 20.7 Å². The first-order valence-corrected chi connectivity index (χ1v) is 4.55. The van der Waals surface area contributed by atoms with Gasteiger partial charge in [0, 0.05) is 4.47 Å².